The number of nitrogens with zero attached hydrogens (tertiary/aromatic N) is 4. The van der Waals surface area contributed by atoms with Crippen molar-refractivity contribution >= 4 is 17.2 Å². The topological polar surface area (TPSA) is 43.8 Å². The molecule has 0 bridgehead atoms. The van der Waals surface area contributed by atoms with Crippen LogP contribution in [0.25, 0.3) is 5.70 Å². The predicted molar refractivity (Wildman–Crippen MR) is 134 cm³/mol. The summed E-state index contributed by atoms with van der Waals surface area (Å²) in [6, 6.07) is 9.57. The van der Waals surface area contributed by atoms with Crippen LogP contribution < -0.4 is 5.32 Å². The van der Waals surface area contributed by atoms with Crippen molar-refractivity contribution in [2.24, 2.45) is 4.99 Å². The van der Waals surface area contributed by atoms with Gasteiger partial charge in [0.15, 0.2) is 5.84 Å². The second-order valence-corrected chi connectivity index (χ2v) is 9.09. The van der Waals surface area contributed by atoms with Gasteiger partial charge in [0.2, 0.25) is 0 Å². The lowest BCUT2D eigenvalue weighted by Crippen LogP contribution is -2.35. The number of aliphatic imine (C=N–C) groups is 1. The molecular weight excluding hydrogens is 413 g/mol. The van der Waals surface area contributed by atoms with Gasteiger partial charge in [0, 0.05) is 43.8 Å². The number of alkyl halides is 1. The molecule has 1 aromatic carbocycles. The third-order valence-electron chi connectivity index (χ3n) is 6.09. The van der Waals surface area contributed by atoms with Crippen molar-refractivity contribution in [1.82, 2.24) is 14.8 Å². The number of nitrogens with one attached hydrogen (secondary N) is 1. The van der Waals surface area contributed by atoms with E-state index in [1.165, 1.54) is 0 Å². The number of anilines is 1. The fourth-order valence-corrected chi connectivity index (χ4v) is 4.14. The zero-order chi connectivity index (χ0) is 23.6. The van der Waals surface area contributed by atoms with Crippen LogP contribution in [0.15, 0.2) is 78.0 Å². The van der Waals surface area contributed by atoms with Crippen LogP contribution in [0.5, 0.6) is 0 Å². The molecule has 0 unspecified atom stereocenters. The molecule has 0 amide bonds. The van der Waals surface area contributed by atoms with Gasteiger partial charge >= 0.3 is 0 Å². The Morgan fingerprint density at radius 2 is 2.00 bits per heavy atom. The van der Waals surface area contributed by atoms with Crippen molar-refractivity contribution in [3.05, 3.63) is 89.7 Å². The number of amidine groups is 1. The molecule has 172 valence electrons. The Morgan fingerprint density at radius 1 is 1.18 bits per heavy atom. The lowest BCUT2D eigenvalue weighted by Gasteiger charge is -2.29. The maximum atomic E-state index is 14.6. The minimum atomic E-state index is -1.41. The van der Waals surface area contributed by atoms with Gasteiger partial charge in [-0.2, -0.15) is 0 Å². The molecule has 1 fully saturated rings. The Morgan fingerprint density at radius 3 is 2.76 bits per heavy atom. The van der Waals surface area contributed by atoms with E-state index < -0.39 is 5.67 Å². The van der Waals surface area contributed by atoms with Crippen LogP contribution in [0.1, 0.15) is 43.4 Å². The number of hydrogen-bond donors (Lipinski definition) is 1. The van der Waals surface area contributed by atoms with Crippen LogP contribution >= 0.6 is 0 Å². The summed E-state index contributed by atoms with van der Waals surface area (Å²) >= 11 is 0. The summed E-state index contributed by atoms with van der Waals surface area (Å²) in [4.78, 5) is 13.7. The number of rotatable bonds is 5. The highest BCUT2D eigenvalue weighted by Gasteiger charge is 2.27. The molecule has 33 heavy (non-hydrogen) atoms. The minimum Gasteiger partial charge on any atom is -0.372 e. The summed E-state index contributed by atoms with van der Waals surface area (Å²) in [7, 11) is 2.10. The molecule has 0 saturated carbocycles. The van der Waals surface area contributed by atoms with E-state index in [9.17, 15) is 4.39 Å². The zero-order valence-electron chi connectivity index (χ0n) is 19.9. The summed E-state index contributed by atoms with van der Waals surface area (Å²) in [6.45, 7) is 11.3. The summed E-state index contributed by atoms with van der Waals surface area (Å²) in [5.41, 5.74) is 4.10. The van der Waals surface area contributed by atoms with E-state index in [4.69, 9.17) is 4.99 Å². The van der Waals surface area contributed by atoms with Gasteiger partial charge < -0.3 is 15.1 Å². The Balaban J connectivity index is 1.72. The first kappa shape index (κ1) is 22.8. The fraction of sp³-hybridized carbons (Fsp3) is 0.333. The maximum absolute atomic E-state index is 14.6. The molecule has 0 spiro atoms. The molecule has 2 aliphatic rings. The van der Waals surface area contributed by atoms with Gasteiger partial charge in [0.1, 0.15) is 11.5 Å². The van der Waals surface area contributed by atoms with Gasteiger partial charge in [0.05, 0.1) is 11.4 Å². The fourth-order valence-electron chi connectivity index (χ4n) is 4.14. The van der Waals surface area contributed by atoms with E-state index in [1.807, 2.05) is 43.5 Å². The molecule has 3 heterocycles. The first-order chi connectivity index (χ1) is 15.7. The highest BCUT2D eigenvalue weighted by atomic mass is 19.1. The molecule has 0 aliphatic carbocycles. The number of hydrogen-bond acceptors (Lipinski definition) is 5. The molecule has 5 nitrogen and oxygen atoms in total. The van der Waals surface area contributed by atoms with Crippen molar-refractivity contribution < 1.29 is 4.39 Å². The SMILES string of the molecule is C=C(Nc1ccncc1C)N1CCCN(C)C2=CCC=C(c3cccc(C(C)(C)F)c3)N=C21. The third kappa shape index (κ3) is 5.00. The van der Waals surface area contributed by atoms with Crippen LogP contribution in [0, 0.1) is 6.92 Å². The summed E-state index contributed by atoms with van der Waals surface area (Å²) in [5.74, 6) is 1.62. The van der Waals surface area contributed by atoms with Crippen LogP contribution in [0.3, 0.4) is 0 Å². The second-order valence-electron chi connectivity index (χ2n) is 9.09. The average Bonchev–Trinajstić information content (AvgIpc) is 3.08. The molecule has 0 atom stereocenters. The second kappa shape index (κ2) is 9.22. The van der Waals surface area contributed by atoms with Crippen molar-refractivity contribution in [2.45, 2.75) is 39.3 Å². The van der Waals surface area contributed by atoms with E-state index in [2.05, 4.69) is 45.9 Å². The predicted octanol–water partition coefficient (Wildman–Crippen LogP) is 5.84. The van der Waals surface area contributed by atoms with E-state index in [-0.39, 0.29) is 0 Å². The molecule has 2 aliphatic heterocycles. The van der Waals surface area contributed by atoms with Crippen LogP contribution in [0.4, 0.5) is 10.1 Å². The Hall–Kier alpha value is -3.41. The third-order valence-corrected chi connectivity index (χ3v) is 6.09. The van der Waals surface area contributed by atoms with Crippen molar-refractivity contribution in [2.75, 3.05) is 25.5 Å². The number of aryl methyl sites for hydroxylation is 1. The normalized spacial score (nSPS) is 16.7. The largest absolute Gasteiger partial charge is 0.372 e. The Bertz CT molecular complexity index is 1140. The maximum Gasteiger partial charge on any atom is 0.158 e. The first-order valence-corrected chi connectivity index (χ1v) is 11.4. The van der Waals surface area contributed by atoms with Crippen molar-refractivity contribution in [3.63, 3.8) is 0 Å². The molecule has 1 saturated heterocycles. The zero-order valence-corrected chi connectivity index (χ0v) is 19.9. The van der Waals surface area contributed by atoms with Crippen molar-refractivity contribution in [1.29, 1.82) is 0 Å². The number of aromatic nitrogens is 1. The first-order valence-electron chi connectivity index (χ1n) is 11.4. The summed E-state index contributed by atoms with van der Waals surface area (Å²) in [6.07, 6.45) is 9.65. The summed E-state index contributed by atoms with van der Waals surface area (Å²) < 4.78 is 14.6. The van der Waals surface area contributed by atoms with E-state index >= 15 is 0 Å². The number of likely N-dealkylation sites (N-methyl/N-ethyl adjacent to an activating group) is 1. The molecule has 1 N–H and O–H groups in total. The van der Waals surface area contributed by atoms with Gasteiger partial charge in [-0.15, -0.1) is 0 Å². The van der Waals surface area contributed by atoms with Crippen LogP contribution in [-0.4, -0.2) is 40.8 Å². The molecular formula is C27H32FN5. The number of allylic oxidation sites excluding steroid dienone is 2. The standard InChI is InChI=1S/C27H32FN5/c1-19-18-29-14-13-23(19)30-20(2)33-16-8-15-32(5)25-12-7-11-24(31-26(25)33)21-9-6-10-22(17-21)27(3,4)28/h6,9-14,17-18H,2,7-8,15-16H2,1,3-5H3,(H,29,30). The number of benzene rings is 1. The number of pyridine rings is 1. The van der Waals surface area contributed by atoms with Crippen LogP contribution in [0.2, 0.25) is 0 Å². The average molecular weight is 446 g/mol. The molecule has 4 rings (SSSR count). The lowest BCUT2D eigenvalue weighted by molar-refractivity contribution is 0.221. The number of fused-ring (bicyclic) bond motifs is 1. The summed E-state index contributed by atoms with van der Waals surface area (Å²) in [5, 5.41) is 3.46. The highest BCUT2D eigenvalue weighted by molar-refractivity contribution is 6.02. The van der Waals surface area contributed by atoms with E-state index in [1.54, 1.807) is 20.0 Å². The molecule has 0 radical (unpaired) electrons. The van der Waals surface area contributed by atoms with Gasteiger partial charge in [0.25, 0.3) is 0 Å². The van der Waals surface area contributed by atoms with E-state index in [0.29, 0.717) is 5.56 Å². The van der Waals surface area contributed by atoms with Gasteiger partial charge in [-0.05, 0) is 56.9 Å². The van der Waals surface area contributed by atoms with E-state index in [0.717, 1.165) is 65.8 Å². The Kier molecular flexibility index (Phi) is 6.36. The molecule has 2 aromatic rings. The lowest BCUT2D eigenvalue weighted by atomic mass is 9.97. The van der Waals surface area contributed by atoms with Crippen molar-refractivity contribution in [3.8, 4) is 0 Å². The van der Waals surface area contributed by atoms with Gasteiger partial charge in [-0.3, -0.25) is 4.98 Å². The minimum absolute atomic E-state index is 0.646. The van der Waals surface area contributed by atoms with Gasteiger partial charge in [-0.1, -0.05) is 36.9 Å². The smallest absolute Gasteiger partial charge is 0.158 e. The number of halogens is 1. The highest BCUT2D eigenvalue weighted by Crippen LogP contribution is 2.31. The monoisotopic (exact) mass is 445 g/mol. The molecule has 1 aromatic heterocycles. The van der Waals surface area contributed by atoms with Crippen LogP contribution in [-0.2, 0) is 5.67 Å². The van der Waals surface area contributed by atoms with Gasteiger partial charge in [-0.25, -0.2) is 9.38 Å². The molecule has 6 heteroatoms. The quantitative estimate of drug-likeness (QED) is 0.628. The Labute approximate surface area is 196 Å².